The van der Waals surface area contributed by atoms with Crippen molar-refractivity contribution in [3.8, 4) is 0 Å². The van der Waals surface area contributed by atoms with Crippen LogP contribution in [0.3, 0.4) is 0 Å². The quantitative estimate of drug-likeness (QED) is 0.586. The maximum atomic E-state index is 12.8. The number of piperazine rings is 1. The summed E-state index contributed by atoms with van der Waals surface area (Å²) in [6, 6.07) is 11.0. The number of rotatable bonds is 4. The van der Waals surface area contributed by atoms with E-state index < -0.39 is 14.9 Å². The summed E-state index contributed by atoms with van der Waals surface area (Å²) in [6.07, 6.45) is 0. The minimum Gasteiger partial charge on any atom is -0.369 e. The molecule has 2 aromatic carbocycles. The lowest BCUT2D eigenvalue weighted by Crippen LogP contribution is -2.48. The van der Waals surface area contributed by atoms with Crippen LogP contribution >= 0.6 is 11.6 Å². The van der Waals surface area contributed by atoms with Gasteiger partial charge in [0, 0.05) is 49.0 Å². The van der Waals surface area contributed by atoms with Crippen LogP contribution in [0.2, 0.25) is 5.02 Å². The third-order valence-corrected chi connectivity index (χ3v) is 6.75. The highest BCUT2D eigenvalue weighted by molar-refractivity contribution is 7.89. The van der Waals surface area contributed by atoms with Crippen LogP contribution in [-0.4, -0.2) is 43.8 Å². The number of non-ortho nitro benzene ring substituents is 1. The number of aryl methyl sites for hydroxylation is 1. The first-order chi connectivity index (χ1) is 12.3. The summed E-state index contributed by atoms with van der Waals surface area (Å²) < 4.78 is 27.0. The number of halogens is 1. The lowest BCUT2D eigenvalue weighted by Gasteiger charge is -2.35. The van der Waals surface area contributed by atoms with Crippen molar-refractivity contribution in [1.29, 1.82) is 0 Å². The fraction of sp³-hybridized carbons (Fsp3) is 0.294. The average molecular weight is 396 g/mol. The predicted molar refractivity (Wildman–Crippen MR) is 100 cm³/mol. The molecule has 1 aliphatic rings. The van der Waals surface area contributed by atoms with E-state index in [0.29, 0.717) is 31.2 Å². The Labute approximate surface area is 157 Å². The minimum atomic E-state index is -3.59. The zero-order chi connectivity index (χ0) is 18.9. The van der Waals surface area contributed by atoms with Gasteiger partial charge in [-0.05, 0) is 36.8 Å². The van der Waals surface area contributed by atoms with Crippen molar-refractivity contribution in [3.05, 3.63) is 63.2 Å². The maximum absolute atomic E-state index is 12.8. The summed E-state index contributed by atoms with van der Waals surface area (Å²) in [5.41, 5.74) is 1.70. The first-order valence-electron chi connectivity index (χ1n) is 8.05. The molecule has 0 unspecified atom stereocenters. The Morgan fingerprint density at radius 3 is 2.19 bits per heavy atom. The van der Waals surface area contributed by atoms with Gasteiger partial charge in [-0.25, -0.2) is 8.42 Å². The minimum absolute atomic E-state index is 0.0335. The van der Waals surface area contributed by atoms with Gasteiger partial charge in [0.1, 0.15) is 0 Å². The van der Waals surface area contributed by atoms with Gasteiger partial charge in [-0.3, -0.25) is 10.1 Å². The van der Waals surface area contributed by atoms with Gasteiger partial charge in [-0.15, -0.1) is 0 Å². The Morgan fingerprint density at radius 2 is 1.65 bits per heavy atom. The molecule has 7 nitrogen and oxygen atoms in total. The monoisotopic (exact) mass is 395 g/mol. The molecular formula is C17H18ClN3O4S. The van der Waals surface area contributed by atoms with E-state index in [-0.39, 0.29) is 10.6 Å². The topological polar surface area (TPSA) is 83.8 Å². The molecule has 0 atom stereocenters. The van der Waals surface area contributed by atoms with Crippen molar-refractivity contribution < 1.29 is 13.3 Å². The number of nitrogens with zero attached hydrogens (tertiary/aromatic N) is 3. The van der Waals surface area contributed by atoms with E-state index in [2.05, 4.69) is 0 Å². The van der Waals surface area contributed by atoms with Crippen molar-refractivity contribution in [2.45, 2.75) is 11.8 Å². The highest BCUT2D eigenvalue weighted by atomic mass is 35.5. The maximum Gasteiger partial charge on any atom is 0.269 e. The van der Waals surface area contributed by atoms with Crippen molar-refractivity contribution in [3.63, 3.8) is 0 Å². The molecule has 138 valence electrons. The van der Waals surface area contributed by atoms with Gasteiger partial charge in [-0.1, -0.05) is 17.7 Å². The molecule has 0 amide bonds. The normalized spacial score (nSPS) is 15.8. The Morgan fingerprint density at radius 1 is 1.04 bits per heavy atom. The van der Waals surface area contributed by atoms with Gasteiger partial charge in [0.2, 0.25) is 10.0 Å². The van der Waals surface area contributed by atoms with Gasteiger partial charge in [0.05, 0.1) is 9.82 Å². The number of sulfonamides is 1. The standard InChI is InChI=1S/C17H18ClN3O4S/c1-13-2-7-16(12-17(13)18)26(24,25)20-10-8-19(9-11-20)14-3-5-15(6-4-14)21(22)23/h2-7,12H,8-11H2,1H3. The summed E-state index contributed by atoms with van der Waals surface area (Å²) in [6.45, 7) is 3.52. The zero-order valence-corrected chi connectivity index (χ0v) is 15.7. The van der Waals surface area contributed by atoms with Crippen molar-refractivity contribution in [2.24, 2.45) is 0 Å². The van der Waals surface area contributed by atoms with Crippen LogP contribution in [0.4, 0.5) is 11.4 Å². The van der Waals surface area contributed by atoms with E-state index in [4.69, 9.17) is 11.6 Å². The summed E-state index contributed by atoms with van der Waals surface area (Å²) >= 11 is 6.06. The van der Waals surface area contributed by atoms with Crippen LogP contribution in [0, 0.1) is 17.0 Å². The number of hydrogen-bond acceptors (Lipinski definition) is 5. The molecule has 0 saturated carbocycles. The van der Waals surface area contributed by atoms with E-state index >= 15 is 0 Å². The largest absolute Gasteiger partial charge is 0.369 e. The van der Waals surface area contributed by atoms with Crippen molar-refractivity contribution in [1.82, 2.24) is 4.31 Å². The SMILES string of the molecule is Cc1ccc(S(=O)(=O)N2CCN(c3ccc([N+](=O)[O-])cc3)CC2)cc1Cl. The van der Waals surface area contributed by atoms with E-state index in [1.807, 2.05) is 11.8 Å². The van der Waals surface area contributed by atoms with Gasteiger partial charge in [0.15, 0.2) is 0 Å². The Kier molecular flexibility index (Phi) is 5.17. The molecule has 0 spiro atoms. The molecule has 1 aliphatic heterocycles. The first-order valence-corrected chi connectivity index (χ1v) is 9.86. The summed E-state index contributed by atoms with van der Waals surface area (Å²) in [7, 11) is -3.59. The molecule has 1 fully saturated rings. The average Bonchev–Trinajstić information content (AvgIpc) is 2.64. The third-order valence-electron chi connectivity index (χ3n) is 4.45. The fourth-order valence-electron chi connectivity index (χ4n) is 2.85. The van der Waals surface area contributed by atoms with Crippen molar-refractivity contribution in [2.75, 3.05) is 31.1 Å². The van der Waals surface area contributed by atoms with Crippen LogP contribution in [0.5, 0.6) is 0 Å². The smallest absolute Gasteiger partial charge is 0.269 e. The number of nitro groups is 1. The van der Waals surface area contributed by atoms with Gasteiger partial charge in [-0.2, -0.15) is 4.31 Å². The van der Waals surface area contributed by atoms with E-state index in [9.17, 15) is 18.5 Å². The lowest BCUT2D eigenvalue weighted by atomic mass is 10.2. The number of anilines is 1. The molecule has 0 N–H and O–H groups in total. The molecule has 9 heteroatoms. The molecule has 1 heterocycles. The van der Waals surface area contributed by atoms with Gasteiger partial charge >= 0.3 is 0 Å². The molecule has 26 heavy (non-hydrogen) atoms. The van der Waals surface area contributed by atoms with Crippen LogP contribution in [0.1, 0.15) is 5.56 Å². The number of nitro benzene ring substituents is 1. The second-order valence-electron chi connectivity index (χ2n) is 6.08. The van der Waals surface area contributed by atoms with Crippen LogP contribution < -0.4 is 4.90 Å². The van der Waals surface area contributed by atoms with Gasteiger partial charge in [0.25, 0.3) is 5.69 Å². The second kappa shape index (κ2) is 7.22. The van der Waals surface area contributed by atoms with Gasteiger partial charge < -0.3 is 4.90 Å². The molecule has 1 saturated heterocycles. The molecule has 0 bridgehead atoms. The second-order valence-corrected chi connectivity index (χ2v) is 8.42. The summed E-state index contributed by atoms with van der Waals surface area (Å²) in [5, 5.41) is 11.2. The van der Waals surface area contributed by atoms with Crippen LogP contribution in [0.25, 0.3) is 0 Å². The number of hydrogen-bond donors (Lipinski definition) is 0. The predicted octanol–water partition coefficient (Wildman–Crippen LogP) is 3.07. The highest BCUT2D eigenvalue weighted by Crippen LogP contribution is 2.25. The molecule has 0 aromatic heterocycles. The third kappa shape index (κ3) is 3.67. The van der Waals surface area contributed by atoms with Crippen molar-refractivity contribution >= 4 is 33.0 Å². The molecule has 0 aliphatic carbocycles. The zero-order valence-electron chi connectivity index (χ0n) is 14.1. The number of benzene rings is 2. The van der Waals surface area contributed by atoms with Crippen LogP contribution in [0.15, 0.2) is 47.4 Å². The summed E-state index contributed by atoms with van der Waals surface area (Å²) in [5.74, 6) is 0. The Bertz CT molecular complexity index is 924. The Balaban J connectivity index is 1.71. The Hall–Kier alpha value is -2.16. The molecular weight excluding hydrogens is 378 g/mol. The molecule has 3 rings (SSSR count). The molecule has 0 radical (unpaired) electrons. The first kappa shape index (κ1) is 18.6. The fourth-order valence-corrected chi connectivity index (χ4v) is 4.55. The summed E-state index contributed by atoms with van der Waals surface area (Å²) in [4.78, 5) is 12.5. The van der Waals surface area contributed by atoms with E-state index in [1.165, 1.54) is 22.5 Å². The molecule has 2 aromatic rings. The van der Waals surface area contributed by atoms with Crippen LogP contribution in [-0.2, 0) is 10.0 Å². The lowest BCUT2D eigenvalue weighted by molar-refractivity contribution is -0.384. The van der Waals surface area contributed by atoms with E-state index in [1.54, 1.807) is 24.3 Å². The highest BCUT2D eigenvalue weighted by Gasteiger charge is 2.29. The van der Waals surface area contributed by atoms with E-state index in [0.717, 1.165) is 11.3 Å².